The lowest BCUT2D eigenvalue weighted by Gasteiger charge is -2.31. The predicted molar refractivity (Wildman–Crippen MR) is 82.0 cm³/mol. The molecular weight excluding hydrogens is 371 g/mol. The molecule has 0 spiro atoms. The molecule has 2 rings (SSSR count). The van der Waals surface area contributed by atoms with Gasteiger partial charge in [-0.2, -0.15) is 0 Å². The molecule has 2 N–H and O–H groups in total. The molecule has 0 bridgehead atoms. The summed E-state index contributed by atoms with van der Waals surface area (Å²) < 4.78 is 1.16. The number of rotatable bonds is 2. The zero-order valence-corrected chi connectivity index (χ0v) is 13.2. The summed E-state index contributed by atoms with van der Waals surface area (Å²) in [5.74, 6) is 0.779. The molecule has 1 aliphatic rings. The summed E-state index contributed by atoms with van der Waals surface area (Å²) in [6.45, 7) is 2.46. The van der Waals surface area contributed by atoms with Crippen molar-refractivity contribution in [1.82, 2.24) is 4.90 Å². The van der Waals surface area contributed by atoms with Gasteiger partial charge in [-0.15, -0.1) is 23.7 Å². The largest absolute Gasteiger partial charge is 0.339 e. The van der Waals surface area contributed by atoms with E-state index in [1.165, 1.54) is 0 Å². The molecule has 0 radical (unpaired) electrons. The number of thiophene rings is 1. The van der Waals surface area contributed by atoms with Gasteiger partial charge < -0.3 is 10.6 Å². The van der Waals surface area contributed by atoms with Crippen LogP contribution in [0.3, 0.4) is 0 Å². The van der Waals surface area contributed by atoms with Gasteiger partial charge in [0.15, 0.2) is 0 Å². The SMILES string of the molecule is Cl.NCC1CCN(C(=O)c2csc(I)c2)CC1. The topological polar surface area (TPSA) is 46.3 Å². The van der Waals surface area contributed by atoms with Gasteiger partial charge in [0.05, 0.1) is 8.45 Å². The van der Waals surface area contributed by atoms with Gasteiger partial charge in [-0.3, -0.25) is 4.79 Å². The maximum absolute atomic E-state index is 12.1. The van der Waals surface area contributed by atoms with Gasteiger partial charge in [-0.1, -0.05) is 0 Å². The number of amides is 1. The highest BCUT2D eigenvalue weighted by molar-refractivity contribution is 14.1. The highest BCUT2D eigenvalue weighted by Crippen LogP contribution is 2.21. The van der Waals surface area contributed by atoms with Crippen LogP contribution in [0.25, 0.3) is 0 Å². The van der Waals surface area contributed by atoms with Crippen molar-refractivity contribution in [1.29, 1.82) is 0 Å². The summed E-state index contributed by atoms with van der Waals surface area (Å²) >= 11 is 3.87. The van der Waals surface area contributed by atoms with Crippen LogP contribution in [0.1, 0.15) is 23.2 Å². The first-order valence-corrected chi connectivity index (χ1v) is 7.40. The molecule has 1 aromatic heterocycles. The molecule has 1 saturated heterocycles. The highest BCUT2D eigenvalue weighted by atomic mass is 127. The van der Waals surface area contributed by atoms with Crippen molar-refractivity contribution in [2.75, 3.05) is 19.6 Å². The second-order valence-corrected chi connectivity index (χ2v) is 6.92. The Morgan fingerprint density at radius 1 is 1.53 bits per heavy atom. The lowest BCUT2D eigenvalue weighted by Crippen LogP contribution is -2.39. The normalized spacial score (nSPS) is 16.7. The Hall–Kier alpha value is 0.150. The van der Waals surface area contributed by atoms with E-state index in [1.54, 1.807) is 11.3 Å². The number of nitrogens with zero attached hydrogens (tertiary/aromatic N) is 1. The molecule has 0 saturated carbocycles. The van der Waals surface area contributed by atoms with E-state index in [-0.39, 0.29) is 18.3 Å². The number of likely N-dealkylation sites (tertiary alicyclic amines) is 1. The van der Waals surface area contributed by atoms with Gasteiger partial charge in [0.25, 0.3) is 5.91 Å². The van der Waals surface area contributed by atoms with Crippen LogP contribution < -0.4 is 5.73 Å². The molecule has 3 nitrogen and oxygen atoms in total. The monoisotopic (exact) mass is 386 g/mol. The molecule has 0 atom stereocenters. The van der Waals surface area contributed by atoms with E-state index < -0.39 is 0 Å². The zero-order chi connectivity index (χ0) is 11.5. The molecule has 1 amide bonds. The fourth-order valence-corrected chi connectivity index (χ4v) is 3.30. The molecule has 96 valence electrons. The number of halogens is 2. The van der Waals surface area contributed by atoms with Gasteiger partial charge >= 0.3 is 0 Å². The van der Waals surface area contributed by atoms with Gasteiger partial charge in [-0.05, 0) is 54.0 Å². The molecule has 0 aliphatic carbocycles. The quantitative estimate of drug-likeness (QED) is 0.794. The number of carbonyl (C=O) groups excluding carboxylic acids is 1. The van der Waals surface area contributed by atoms with Crippen LogP contribution in [0.2, 0.25) is 0 Å². The third-order valence-electron chi connectivity index (χ3n) is 3.05. The average molecular weight is 387 g/mol. The summed E-state index contributed by atoms with van der Waals surface area (Å²) in [6, 6.07) is 1.96. The Morgan fingerprint density at radius 3 is 2.65 bits per heavy atom. The second kappa shape index (κ2) is 6.92. The van der Waals surface area contributed by atoms with E-state index in [0.29, 0.717) is 5.92 Å². The minimum atomic E-state index is 0. The molecule has 2 heterocycles. The molecule has 17 heavy (non-hydrogen) atoms. The van der Waals surface area contributed by atoms with Gasteiger partial charge in [-0.25, -0.2) is 0 Å². The van der Waals surface area contributed by atoms with Crippen LogP contribution in [0, 0.1) is 8.80 Å². The number of nitrogens with two attached hydrogens (primary N) is 1. The van der Waals surface area contributed by atoms with Crippen LogP contribution in [-0.4, -0.2) is 30.4 Å². The Kier molecular flexibility index (Phi) is 6.19. The van der Waals surface area contributed by atoms with E-state index in [1.807, 2.05) is 16.3 Å². The summed E-state index contributed by atoms with van der Waals surface area (Å²) in [4.78, 5) is 14.1. The summed E-state index contributed by atoms with van der Waals surface area (Å²) in [7, 11) is 0. The fourth-order valence-electron chi connectivity index (χ4n) is 1.98. The lowest BCUT2D eigenvalue weighted by atomic mass is 9.97. The predicted octanol–water partition coefficient (Wildman–Crippen LogP) is 2.59. The number of carbonyl (C=O) groups is 1. The zero-order valence-electron chi connectivity index (χ0n) is 9.39. The minimum absolute atomic E-state index is 0. The molecule has 1 fully saturated rings. The molecular formula is C11H16ClIN2OS. The van der Waals surface area contributed by atoms with Crippen molar-refractivity contribution in [3.05, 3.63) is 19.9 Å². The van der Waals surface area contributed by atoms with Crippen molar-refractivity contribution in [3.8, 4) is 0 Å². The van der Waals surface area contributed by atoms with Crippen molar-refractivity contribution >= 4 is 52.2 Å². The van der Waals surface area contributed by atoms with Crippen molar-refractivity contribution in [2.45, 2.75) is 12.8 Å². The minimum Gasteiger partial charge on any atom is -0.339 e. The van der Waals surface area contributed by atoms with Crippen molar-refractivity contribution in [2.24, 2.45) is 11.7 Å². The van der Waals surface area contributed by atoms with E-state index in [9.17, 15) is 4.79 Å². The van der Waals surface area contributed by atoms with Gasteiger partial charge in [0.2, 0.25) is 0 Å². The summed E-state index contributed by atoms with van der Waals surface area (Å²) in [6.07, 6.45) is 2.09. The van der Waals surface area contributed by atoms with E-state index >= 15 is 0 Å². The Bertz CT molecular complexity index is 377. The second-order valence-electron chi connectivity index (χ2n) is 4.11. The maximum Gasteiger partial charge on any atom is 0.254 e. The Balaban J connectivity index is 0.00000144. The lowest BCUT2D eigenvalue weighted by molar-refractivity contribution is 0.0694. The fraction of sp³-hybridized carbons (Fsp3) is 0.545. The van der Waals surface area contributed by atoms with Crippen LogP contribution in [-0.2, 0) is 0 Å². The first-order chi connectivity index (χ1) is 7.70. The van der Waals surface area contributed by atoms with Gasteiger partial charge in [0.1, 0.15) is 0 Å². The number of hydrogen-bond acceptors (Lipinski definition) is 3. The highest BCUT2D eigenvalue weighted by Gasteiger charge is 2.23. The van der Waals surface area contributed by atoms with Crippen LogP contribution in [0.15, 0.2) is 11.4 Å². The van der Waals surface area contributed by atoms with E-state index in [2.05, 4.69) is 22.6 Å². The first-order valence-electron chi connectivity index (χ1n) is 5.44. The third-order valence-corrected chi connectivity index (χ3v) is 4.84. The molecule has 0 aromatic carbocycles. The molecule has 6 heteroatoms. The Labute approximate surface area is 125 Å². The average Bonchev–Trinajstić information content (AvgIpc) is 2.75. The summed E-state index contributed by atoms with van der Waals surface area (Å²) in [5, 5.41) is 1.94. The first kappa shape index (κ1) is 15.2. The van der Waals surface area contributed by atoms with Crippen LogP contribution in [0.5, 0.6) is 0 Å². The third kappa shape index (κ3) is 3.81. The van der Waals surface area contributed by atoms with E-state index in [0.717, 1.165) is 40.9 Å². The van der Waals surface area contributed by atoms with Gasteiger partial charge in [0, 0.05) is 18.5 Å². The smallest absolute Gasteiger partial charge is 0.254 e. The number of hydrogen-bond donors (Lipinski definition) is 1. The van der Waals surface area contributed by atoms with E-state index in [4.69, 9.17) is 5.73 Å². The van der Waals surface area contributed by atoms with Crippen LogP contribution in [0.4, 0.5) is 0 Å². The molecule has 1 aromatic rings. The summed E-state index contributed by atoms with van der Waals surface area (Å²) in [5.41, 5.74) is 6.47. The molecule has 1 aliphatic heterocycles. The standard InChI is InChI=1S/C11H15IN2OS.ClH/c12-10-5-9(7-16-10)11(15)14-3-1-8(6-13)2-4-14;/h5,7-8H,1-4,6,13H2;1H. The van der Waals surface area contributed by atoms with Crippen LogP contribution >= 0.6 is 46.3 Å². The van der Waals surface area contributed by atoms with Crippen molar-refractivity contribution < 1.29 is 4.79 Å². The van der Waals surface area contributed by atoms with Crippen molar-refractivity contribution in [3.63, 3.8) is 0 Å². The molecule has 0 unspecified atom stereocenters. The number of piperidine rings is 1. The maximum atomic E-state index is 12.1. The Morgan fingerprint density at radius 2 is 2.18 bits per heavy atom.